The lowest BCUT2D eigenvalue weighted by molar-refractivity contribution is -0.161. The van der Waals surface area contributed by atoms with Gasteiger partial charge in [0.15, 0.2) is 12.2 Å². The molecule has 0 bridgehead atoms. The summed E-state index contributed by atoms with van der Waals surface area (Å²) in [5.41, 5.74) is 0. The highest BCUT2D eigenvalue weighted by Crippen LogP contribution is 2.45. The Morgan fingerprint density at radius 3 is 0.854 bits per heavy atom. The molecule has 0 rings (SSSR count). The van der Waals surface area contributed by atoms with E-state index in [2.05, 4.69) is 58.9 Å². The Kier molecular flexibility index (Phi) is 67.8. The average Bonchev–Trinajstić information content (AvgIpc) is 2.69. The molecule has 0 fully saturated rings. The molecule has 0 aliphatic rings. The predicted octanol–water partition coefficient (Wildman–Crippen LogP) is 22.4. The van der Waals surface area contributed by atoms with Crippen LogP contribution in [-0.2, 0) is 65.4 Å². The van der Waals surface area contributed by atoms with E-state index in [9.17, 15) is 43.2 Å². The molecule has 566 valence electrons. The lowest BCUT2D eigenvalue weighted by atomic mass is 10.0. The monoisotopic (exact) mass is 1410 g/mol. The number of unbranched alkanes of at least 4 members (excludes halogenated alkanes) is 44. The van der Waals surface area contributed by atoms with Crippen molar-refractivity contribution in [3.8, 4) is 0 Å². The first-order valence-corrected chi connectivity index (χ1v) is 42.4. The number of esters is 4. The van der Waals surface area contributed by atoms with Gasteiger partial charge < -0.3 is 33.8 Å². The third-order valence-electron chi connectivity index (χ3n) is 17.4. The van der Waals surface area contributed by atoms with Crippen LogP contribution in [0.2, 0.25) is 0 Å². The Labute approximate surface area is 586 Å². The molecule has 96 heavy (non-hydrogen) atoms. The van der Waals surface area contributed by atoms with Crippen molar-refractivity contribution in [3.63, 3.8) is 0 Å². The quantitative estimate of drug-likeness (QED) is 0.0169. The Morgan fingerprint density at radius 1 is 0.323 bits per heavy atom. The minimum Gasteiger partial charge on any atom is -0.462 e. The van der Waals surface area contributed by atoms with E-state index in [4.69, 9.17) is 37.0 Å². The van der Waals surface area contributed by atoms with Crippen LogP contribution in [0.1, 0.15) is 381 Å². The second kappa shape index (κ2) is 69.6. The summed E-state index contributed by atoms with van der Waals surface area (Å²) in [6.07, 6.45) is 61.6. The van der Waals surface area contributed by atoms with Crippen LogP contribution < -0.4 is 0 Å². The number of allylic oxidation sites excluding steroid dienone is 4. The number of carbonyl (C=O) groups excluding carboxylic acids is 4. The molecule has 5 atom stereocenters. The minimum absolute atomic E-state index is 0.0853. The van der Waals surface area contributed by atoms with E-state index in [1.807, 2.05) is 0 Å². The smallest absolute Gasteiger partial charge is 0.462 e. The number of ether oxygens (including phenoxy) is 4. The molecule has 0 aliphatic carbocycles. The van der Waals surface area contributed by atoms with E-state index >= 15 is 0 Å². The fourth-order valence-electron chi connectivity index (χ4n) is 11.3. The fourth-order valence-corrected chi connectivity index (χ4v) is 12.9. The van der Waals surface area contributed by atoms with Crippen LogP contribution >= 0.6 is 15.6 Å². The molecular weight excluding hydrogens is 1260 g/mol. The first kappa shape index (κ1) is 93.5. The number of phosphoric ester groups is 2. The molecular formula is C77H146O17P2. The summed E-state index contributed by atoms with van der Waals surface area (Å²) in [4.78, 5) is 72.9. The third kappa shape index (κ3) is 70.0. The van der Waals surface area contributed by atoms with Crippen LogP contribution in [0.15, 0.2) is 24.3 Å². The fraction of sp³-hybridized carbons (Fsp3) is 0.896. The van der Waals surface area contributed by atoms with Gasteiger partial charge in [0.25, 0.3) is 0 Å². The van der Waals surface area contributed by atoms with Crippen LogP contribution in [0.4, 0.5) is 0 Å². The van der Waals surface area contributed by atoms with Crippen molar-refractivity contribution in [3.05, 3.63) is 24.3 Å². The summed E-state index contributed by atoms with van der Waals surface area (Å²) in [7, 11) is -9.93. The number of aliphatic hydroxyl groups is 1. The summed E-state index contributed by atoms with van der Waals surface area (Å²) in [6.45, 7) is 7.24. The molecule has 19 heteroatoms. The van der Waals surface area contributed by atoms with E-state index in [1.54, 1.807) is 0 Å². The second-order valence-corrected chi connectivity index (χ2v) is 30.4. The molecule has 0 heterocycles. The zero-order valence-corrected chi connectivity index (χ0v) is 63.8. The number of aliphatic hydroxyl groups excluding tert-OH is 1. The van der Waals surface area contributed by atoms with Crippen molar-refractivity contribution in [1.82, 2.24) is 0 Å². The van der Waals surface area contributed by atoms with Gasteiger partial charge in [0.05, 0.1) is 26.4 Å². The van der Waals surface area contributed by atoms with Gasteiger partial charge in [0.1, 0.15) is 19.3 Å². The molecule has 0 amide bonds. The maximum Gasteiger partial charge on any atom is 0.472 e. The van der Waals surface area contributed by atoms with E-state index in [1.165, 1.54) is 193 Å². The Morgan fingerprint density at radius 2 is 0.562 bits per heavy atom. The lowest BCUT2D eigenvalue weighted by Gasteiger charge is -2.21. The summed E-state index contributed by atoms with van der Waals surface area (Å²) in [5.74, 6) is -1.37. The van der Waals surface area contributed by atoms with E-state index < -0.39 is 97.5 Å². The zero-order valence-electron chi connectivity index (χ0n) is 62.0. The van der Waals surface area contributed by atoms with Gasteiger partial charge in [0, 0.05) is 25.7 Å². The lowest BCUT2D eigenvalue weighted by Crippen LogP contribution is -2.30. The minimum atomic E-state index is -4.97. The van der Waals surface area contributed by atoms with Gasteiger partial charge in [-0.2, -0.15) is 0 Å². The Balaban J connectivity index is 5.30. The van der Waals surface area contributed by atoms with Crippen LogP contribution in [0.25, 0.3) is 0 Å². The SMILES string of the molecule is CCCCCC/C=C\C=C/CCCCCCCC(=O)O[C@H](COC(=O)CCCCCCCCCCCCCC(C)C)COP(=O)(O)OC[C@@H](O)COP(=O)(O)OC[C@@H](COC(=O)CCCCCCCCCCCCCCC)OC(=O)CCCCCCCCCCCCCCCC. The predicted molar refractivity (Wildman–Crippen MR) is 391 cm³/mol. The van der Waals surface area contributed by atoms with Crippen LogP contribution in [0.3, 0.4) is 0 Å². The standard InChI is InChI=1S/C77H146O17P2/c1-6-9-12-15-18-21-24-27-29-32-37-43-48-53-58-63-77(82)94-73(67-88-75(80)61-56-51-46-41-38-33-34-39-44-49-54-59-70(4)5)69-92-96(85,86)90-65-71(78)64-89-95(83,84)91-68-72(66-87-74(79)60-55-50-45-40-35-30-26-23-20-17-14-11-8-3)93-76(81)62-57-52-47-42-36-31-28-25-22-19-16-13-10-7-2/h21,24,27,29,70-73,78H,6-20,22-23,25-26,28,30-69H2,1-5H3,(H,83,84)(H,85,86)/b24-21-,29-27-/t71-,72+,73+/m0/s1. The summed E-state index contributed by atoms with van der Waals surface area (Å²) in [5, 5.41) is 10.6. The Hall–Kier alpha value is -2.46. The first-order chi connectivity index (χ1) is 46.5. The molecule has 0 saturated heterocycles. The molecule has 17 nitrogen and oxygen atoms in total. The highest BCUT2D eigenvalue weighted by molar-refractivity contribution is 7.47. The average molecular weight is 1410 g/mol. The van der Waals surface area contributed by atoms with Gasteiger partial charge in [0.2, 0.25) is 0 Å². The molecule has 0 spiro atoms. The molecule has 3 N–H and O–H groups in total. The molecule has 0 saturated carbocycles. The van der Waals surface area contributed by atoms with E-state index in [0.717, 1.165) is 109 Å². The van der Waals surface area contributed by atoms with Crippen LogP contribution in [-0.4, -0.2) is 96.7 Å². The van der Waals surface area contributed by atoms with E-state index in [-0.39, 0.29) is 25.7 Å². The van der Waals surface area contributed by atoms with Crippen molar-refractivity contribution >= 4 is 39.5 Å². The van der Waals surface area contributed by atoms with E-state index in [0.29, 0.717) is 25.7 Å². The highest BCUT2D eigenvalue weighted by atomic mass is 31.2. The van der Waals surface area contributed by atoms with Gasteiger partial charge in [-0.25, -0.2) is 9.13 Å². The third-order valence-corrected chi connectivity index (χ3v) is 19.3. The summed E-state index contributed by atoms with van der Waals surface area (Å²) < 4.78 is 68.6. The molecule has 2 unspecified atom stereocenters. The highest BCUT2D eigenvalue weighted by Gasteiger charge is 2.30. The van der Waals surface area contributed by atoms with Crippen molar-refractivity contribution in [2.24, 2.45) is 5.92 Å². The number of carbonyl (C=O) groups is 4. The van der Waals surface area contributed by atoms with Gasteiger partial charge in [-0.1, -0.05) is 329 Å². The topological polar surface area (TPSA) is 237 Å². The number of rotatable bonds is 75. The molecule has 0 aromatic carbocycles. The van der Waals surface area contributed by atoms with Crippen molar-refractivity contribution in [1.29, 1.82) is 0 Å². The largest absolute Gasteiger partial charge is 0.472 e. The number of hydrogen-bond acceptors (Lipinski definition) is 15. The van der Waals surface area contributed by atoms with Gasteiger partial charge in [-0.3, -0.25) is 37.3 Å². The second-order valence-electron chi connectivity index (χ2n) is 27.5. The van der Waals surface area contributed by atoms with Crippen LogP contribution in [0, 0.1) is 5.92 Å². The van der Waals surface area contributed by atoms with Gasteiger partial charge >= 0.3 is 39.5 Å². The van der Waals surface area contributed by atoms with Crippen LogP contribution in [0.5, 0.6) is 0 Å². The maximum absolute atomic E-state index is 13.1. The van der Waals surface area contributed by atoms with Crippen molar-refractivity contribution < 1.29 is 80.2 Å². The molecule has 0 aliphatic heterocycles. The van der Waals surface area contributed by atoms with Gasteiger partial charge in [-0.05, 0) is 57.3 Å². The molecule has 0 aromatic heterocycles. The normalized spacial score (nSPS) is 14.1. The zero-order chi connectivity index (χ0) is 70.5. The maximum atomic E-state index is 13.1. The molecule has 0 radical (unpaired) electrons. The Bertz CT molecular complexity index is 1930. The number of phosphoric acid groups is 2. The molecule has 0 aromatic rings. The summed E-state index contributed by atoms with van der Waals surface area (Å²) in [6, 6.07) is 0. The summed E-state index contributed by atoms with van der Waals surface area (Å²) >= 11 is 0. The van der Waals surface area contributed by atoms with Crippen molar-refractivity contribution in [2.75, 3.05) is 39.6 Å². The van der Waals surface area contributed by atoms with Crippen molar-refractivity contribution in [2.45, 2.75) is 400 Å². The van der Waals surface area contributed by atoms with Gasteiger partial charge in [-0.15, -0.1) is 0 Å². The first-order valence-electron chi connectivity index (χ1n) is 39.5. The number of hydrogen-bond donors (Lipinski definition) is 3.